The molecule has 1 aromatic rings. The first-order valence-corrected chi connectivity index (χ1v) is 5.35. The molecular weight excluding hydrogens is 204 g/mol. The fourth-order valence-corrected chi connectivity index (χ4v) is 2.15. The number of hydrogen-bond donors (Lipinski definition) is 1. The van der Waals surface area contributed by atoms with E-state index in [9.17, 15) is 4.79 Å². The molecule has 2 atom stereocenters. The summed E-state index contributed by atoms with van der Waals surface area (Å²) >= 11 is 0. The number of hydroxylamine groups is 2. The van der Waals surface area contributed by atoms with Gasteiger partial charge in [-0.3, -0.25) is 4.84 Å². The molecule has 86 valence electrons. The summed E-state index contributed by atoms with van der Waals surface area (Å²) in [6.07, 6.45) is 0. The van der Waals surface area contributed by atoms with Crippen LogP contribution in [0.25, 0.3) is 0 Å². The molecule has 0 saturated carbocycles. The van der Waals surface area contributed by atoms with Crippen LogP contribution in [-0.4, -0.2) is 17.7 Å². The fourth-order valence-electron chi connectivity index (χ4n) is 2.15. The molecule has 0 bridgehead atoms. The van der Waals surface area contributed by atoms with Crippen molar-refractivity contribution in [2.45, 2.75) is 19.4 Å². The number of nitrogens with two attached hydrogens (primary N) is 1. The highest BCUT2D eigenvalue weighted by Gasteiger charge is 2.47. The second-order valence-corrected chi connectivity index (χ2v) is 4.34. The summed E-state index contributed by atoms with van der Waals surface area (Å²) in [4.78, 5) is 16.7. The molecule has 0 aliphatic carbocycles. The van der Waals surface area contributed by atoms with Gasteiger partial charge in [-0.25, -0.2) is 4.79 Å². The summed E-state index contributed by atoms with van der Waals surface area (Å²) in [6, 6.07) is 9.27. The molecule has 2 N–H and O–H groups in total. The van der Waals surface area contributed by atoms with Crippen LogP contribution < -0.4 is 5.73 Å². The average molecular weight is 220 g/mol. The van der Waals surface area contributed by atoms with Crippen LogP contribution in [-0.2, 0) is 10.4 Å². The van der Waals surface area contributed by atoms with Crippen LogP contribution >= 0.6 is 0 Å². The number of carbonyl (C=O) groups is 1. The van der Waals surface area contributed by atoms with E-state index in [4.69, 9.17) is 10.6 Å². The number of nitrogens with zero attached hydrogens (tertiary/aromatic N) is 1. The van der Waals surface area contributed by atoms with E-state index in [2.05, 4.69) is 6.92 Å². The number of benzene rings is 1. The Labute approximate surface area is 94.9 Å². The number of carbonyl (C=O) groups excluding carboxylic acids is 1. The predicted molar refractivity (Wildman–Crippen MR) is 60.3 cm³/mol. The first-order chi connectivity index (χ1) is 7.56. The van der Waals surface area contributed by atoms with Crippen LogP contribution in [0.2, 0.25) is 0 Å². The van der Waals surface area contributed by atoms with Crippen LogP contribution in [0, 0.1) is 5.92 Å². The van der Waals surface area contributed by atoms with E-state index in [-0.39, 0.29) is 5.92 Å². The second kappa shape index (κ2) is 3.79. The minimum atomic E-state index is -0.546. The average Bonchev–Trinajstić information content (AvgIpc) is 2.58. The molecule has 1 heterocycles. The van der Waals surface area contributed by atoms with E-state index in [1.807, 2.05) is 37.3 Å². The van der Waals surface area contributed by atoms with Crippen LogP contribution in [0.4, 0.5) is 4.79 Å². The quantitative estimate of drug-likeness (QED) is 0.785. The molecule has 0 spiro atoms. The zero-order chi connectivity index (χ0) is 11.8. The predicted octanol–water partition coefficient (Wildman–Crippen LogP) is 1.86. The molecule has 2 amide bonds. The van der Waals surface area contributed by atoms with Gasteiger partial charge in [0.2, 0.25) is 0 Å². The molecule has 1 aromatic carbocycles. The Hall–Kier alpha value is -1.55. The van der Waals surface area contributed by atoms with Crippen molar-refractivity contribution >= 4 is 6.03 Å². The minimum Gasteiger partial charge on any atom is -0.350 e. The van der Waals surface area contributed by atoms with Crippen molar-refractivity contribution in [1.82, 2.24) is 5.06 Å². The number of primary amides is 1. The summed E-state index contributed by atoms with van der Waals surface area (Å²) < 4.78 is 0. The lowest BCUT2D eigenvalue weighted by molar-refractivity contribution is -0.113. The number of amides is 2. The van der Waals surface area contributed by atoms with E-state index >= 15 is 0 Å². The van der Waals surface area contributed by atoms with Crippen LogP contribution in [0.3, 0.4) is 0 Å². The molecule has 0 radical (unpaired) electrons. The van der Waals surface area contributed by atoms with Gasteiger partial charge in [0.15, 0.2) is 0 Å². The fraction of sp³-hybridized carbons (Fsp3) is 0.417. The monoisotopic (exact) mass is 220 g/mol. The van der Waals surface area contributed by atoms with Gasteiger partial charge in [-0.2, -0.15) is 5.06 Å². The maximum atomic E-state index is 11.4. The highest BCUT2D eigenvalue weighted by atomic mass is 16.7. The Bertz CT molecular complexity index is 393. The molecule has 1 aliphatic rings. The molecule has 0 aromatic heterocycles. The summed E-state index contributed by atoms with van der Waals surface area (Å²) in [5.41, 5.74) is 5.90. The van der Waals surface area contributed by atoms with E-state index in [1.165, 1.54) is 5.06 Å². The summed E-state index contributed by atoms with van der Waals surface area (Å²) in [6.45, 7) is 4.54. The summed E-state index contributed by atoms with van der Waals surface area (Å²) in [7, 11) is 0. The van der Waals surface area contributed by atoms with Gasteiger partial charge >= 0.3 is 6.03 Å². The molecule has 1 fully saturated rings. The molecular formula is C12H16N2O2. The van der Waals surface area contributed by atoms with E-state index in [0.717, 1.165) is 5.56 Å². The standard InChI is InChI=1S/C12H16N2O2/c1-9-8-16-14(11(13)15)12(9,2)10-6-4-3-5-7-10/h3-7,9H,8H2,1-2H3,(H2,13,15). The van der Waals surface area contributed by atoms with Gasteiger partial charge in [-0.1, -0.05) is 37.3 Å². The maximum absolute atomic E-state index is 11.4. The molecule has 2 rings (SSSR count). The van der Waals surface area contributed by atoms with Crippen molar-refractivity contribution in [3.63, 3.8) is 0 Å². The zero-order valence-electron chi connectivity index (χ0n) is 9.51. The highest BCUT2D eigenvalue weighted by Crippen LogP contribution is 2.40. The highest BCUT2D eigenvalue weighted by molar-refractivity contribution is 5.72. The largest absolute Gasteiger partial charge is 0.350 e. The van der Waals surface area contributed by atoms with Gasteiger partial charge < -0.3 is 5.73 Å². The molecule has 2 unspecified atom stereocenters. The summed E-state index contributed by atoms with van der Waals surface area (Å²) in [5, 5.41) is 1.28. The van der Waals surface area contributed by atoms with Crippen molar-refractivity contribution in [1.29, 1.82) is 0 Å². The van der Waals surface area contributed by atoms with Crippen molar-refractivity contribution in [2.24, 2.45) is 11.7 Å². The van der Waals surface area contributed by atoms with Crippen LogP contribution in [0.1, 0.15) is 19.4 Å². The normalized spacial score (nSPS) is 29.4. The third-order valence-corrected chi connectivity index (χ3v) is 3.39. The van der Waals surface area contributed by atoms with Crippen LogP contribution in [0.15, 0.2) is 30.3 Å². The maximum Gasteiger partial charge on any atom is 0.339 e. The number of rotatable bonds is 1. The van der Waals surface area contributed by atoms with E-state index in [0.29, 0.717) is 6.61 Å². The van der Waals surface area contributed by atoms with Crippen molar-refractivity contribution in [3.8, 4) is 0 Å². The Kier molecular flexibility index (Phi) is 2.59. The Morgan fingerprint density at radius 3 is 2.69 bits per heavy atom. The van der Waals surface area contributed by atoms with Crippen LogP contribution in [0.5, 0.6) is 0 Å². The zero-order valence-corrected chi connectivity index (χ0v) is 9.51. The number of hydrogen-bond acceptors (Lipinski definition) is 2. The lowest BCUT2D eigenvalue weighted by atomic mass is 9.82. The smallest absolute Gasteiger partial charge is 0.339 e. The third kappa shape index (κ3) is 1.46. The SMILES string of the molecule is CC1CON(C(N)=O)C1(C)c1ccccc1. The molecule has 4 heteroatoms. The Morgan fingerprint density at radius 2 is 2.12 bits per heavy atom. The Balaban J connectivity index is 2.45. The van der Waals surface area contributed by atoms with Gasteiger partial charge in [0, 0.05) is 5.92 Å². The second-order valence-electron chi connectivity index (χ2n) is 4.34. The van der Waals surface area contributed by atoms with E-state index < -0.39 is 11.6 Å². The minimum absolute atomic E-state index is 0.211. The van der Waals surface area contributed by atoms with Crippen molar-refractivity contribution in [2.75, 3.05) is 6.61 Å². The first kappa shape index (κ1) is 11.0. The number of urea groups is 1. The van der Waals surface area contributed by atoms with Gasteiger partial charge in [-0.05, 0) is 12.5 Å². The van der Waals surface area contributed by atoms with Crippen molar-refractivity contribution in [3.05, 3.63) is 35.9 Å². The Morgan fingerprint density at radius 1 is 1.50 bits per heavy atom. The molecule has 1 saturated heterocycles. The van der Waals surface area contributed by atoms with Gasteiger partial charge in [0.05, 0.1) is 12.1 Å². The third-order valence-electron chi connectivity index (χ3n) is 3.39. The topological polar surface area (TPSA) is 55.6 Å². The first-order valence-electron chi connectivity index (χ1n) is 5.35. The molecule has 1 aliphatic heterocycles. The molecule has 4 nitrogen and oxygen atoms in total. The lowest BCUT2D eigenvalue weighted by Crippen LogP contribution is -2.47. The van der Waals surface area contributed by atoms with Crippen molar-refractivity contribution < 1.29 is 9.63 Å². The lowest BCUT2D eigenvalue weighted by Gasteiger charge is -2.34. The van der Waals surface area contributed by atoms with E-state index in [1.54, 1.807) is 0 Å². The van der Waals surface area contributed by atoms with Gasteiger partial charge in [0.25, 0.3) is 0 Å². The van der Waals surface area contributed by atoms with Gasteiger partial charge in [0.1, 0.15) is 0 Å². The molecule has 16 heavy (non-hydrogen) atoms. The van der Waals surface area contributed by atoms with Gasteiger partial charge in [-0.15, -0.1) is 0 Å². The summed E-state index contributed by atoms with van der Waals surface area (Å²) in [5.74, 6) is 0.211.